The van der Waals surface area contributed by atoms with Crippen LogP contribution >= 0.6 is 0 Å². The molecule has 110 valence electrons. The molecule has 0 aliphatic rings. The number of carbonyl (C=O) groups is 1. The lowest BCUT2D eigenvalue weighted by Crippen LogP contribution is -2.24. The lowest BCUT2D eigenvalue weighted by atomic mass is 10.1. The first-order valence-corrected chi connectivity index (χ1v) is 8.03. The molecular formula is C16H17NO3S. The van der Waals surface area contributed by atoms with Crippen LogP contribution in [0.3, 0.4) is 0 Å². The topological polar surface area (TPSA) is 63.2 Å². The summed E-state index contributed by atoms with van der Waals surface area (Å²) < 4.78 is 26.9. The van der Waals surface area contributed by atoms with Crippen LogP contribution in [0.2, 0.25) is 0 Å². The molecule has 5 heteroatoms. The van der Waals surface area contributed by atoms with Gasteiger partial charge >= 0.3 is 0 Å². The minimum atomic E-state index is -3.58. The van der Waals surface area contributed by atoms with Crippen molar-refractivity contribution in [1.29, 1.82) is 0 Å². The van der Waals surface area contributed by atoms with Crippen LogP contribution in [0.25, 0.3) is 0 Å². The highest BCUT2D eigenvalue weighted by molar-refractivity contribution is 7.89. The van der Waals surface area contributed by atoms with E-state index in [0.29, 0.717) is 11.1 Å². The van der Waals surface area contributed by atoms with Gasteiger partial charge in [0, 0.05) is 12.1 Å². The number of hydrogen-bond acceptors (Lipinski definition) is 3. The van der Waals surface area contributed by atoms with Crippen molar-refractivity contribution in [2.45, 2.75) is 25.3 Å². The monoisotopic (exact) mass is 303 g/mol. The van der Waals surface area contributed by atoms with Gasteiger partial charge in [-0.3, -0.25) is 4.79 Å². The largest absolute Gasteiger partial charge is 0.295 e. The Labute approximate surface area is 124 Å². The van der Waals surface area contributed by atoms with Crippen molar-refractivity contribution < 1.29 is 13.2 Å². The Balaban J connectivity index is 2.19. The Kier molecular flexibility index (Phi) is 4.55. The van der Waals surface area contributed by atoms with Crippen molar-refractivity contribution in [3.05, 3.63) is 65.2 Å². The maximum Gasteiger partial charge on any atom is 0.240 e. The predicted molar refractivity (Wildman–Crippen MR) is 81.7 cm³/mol. The van der Waals surface area contributed by atoms with Crippen LogP contribution in [0.15, 0.2) is 53.4 Å². The van der Waals surface area contributed by atoms with Gasteiger partial charge < -0.3 is 0 Å². The Morgan fingerprint density at radius 1 is 1.05 bits per heavy atom. The van der Waals surface area contributed by atoms with Crippen molar-refractivity contribution in [3.8, 4) is 0 Å². The summed E-state index contributed by atoms with van der Waals surface area (Å²) in [7, 11) is -3.58. The summed E-state index contributed by atoms with van der Waals surface area (Å²) in [5.74, 6) is -0.0832. The van der Waals surface area contributed by atoms with E-state index in [1.54, 1.807) is 48.5 Å². The van der Waals surface area contributed by atoms with Crippen LogP contribution in [0.5, 0.6) is 0 Å². The van der Waals surface area contributed by atoms with Crippen molar-refractivity contribution in [3.63, 3.8) is 0 Å². The number of aryl methyl sites for hydroxylation is 1. The third kappa shape index (κ3) is 3.77. The highest BCUT2D eigenvalue weighted by Crippen LogP contribution is 2.13. The number of benzene rings is 2. The predicted octanol–water partition coefficient (Wildman–Crippen LogP) is 2.68. The van der Waals surface area contributed by atoms with Crippen LogP contribution in [0.1, 0.15) is 28.4 Å². The van der Waals surface area contributed by atoms with E-state index in [1.807, 2.05) is 6.92 Å². The van der Waals surface area contributed by atoms with Gasteiger partial charge in [0.1, 0.15) is 0 Å². The van der Waals surface area contributed by atoms with E-state index < -0.39 is 10.0 Å². The molecule has 0 bridgehead atoms. The van der Waals surface area contributed by atoms with Gasteiger partial charge in [-0.1, -0.05) is 42.0 Å². The van der Waals surface area contributed by atoms with Crippen LogP contribution in [-0.4, -0.2) is 14.2 Å². The van der Waals surface area contributed by atoms with E-state index in [1.165, 1.54) is 6.92 Å². The molecule has 0 aliphatic carbocycles. The average molecular weight is 303 g/mol. The fourth-order valence-corrected chi connectivity index (χ4v) is 3.00. The molecule has 21 heavy (non-hydrogen) atoms. The Morgan fingerprint density at radius 3 is 2.29 bits per heavy atom. The van der Waals surface area contributed by atoms with Gasteiger partial charge in [0.05, 0.1) is 4.90 Å². The molecule has 0 spiro atoms. The average Bonchev–Trinajstić information content (AvgIpc) is 2.46. The van der Waals surface area contributed by atoms with E-state index >= 15 is 0 Å². The van der Waals surface area contributed by atoms with Gasteiger partial charge in [-0.25, -0.2) is 13.1 Å². The summed E-state index contributed by atoms with van der Waals surface area (Å²) in [6.45, 7) is 3.45. The smallest absolute Gasteiger partial charge is 0.240 e. The zero-order valence-electron chi connectivity index (χ0n) is 12.0. The third-order valence-electron chi connectivity index (χ3n) is 3.18. The molecule has 0 unspecified atom stereocenters. The quantitative estimate of drug-likeness (QED) is 0.864. The molecule has 0 radical (unpaired) electrons. The van der Waals surface area contributed by atoms with Gasteiger partial charge in [0.25, 0.3) is 0 Å². The standard InChI is InChI=1S/C16H17NO3S/c1-12-7-9-15(10-8-12)21(19,20)17-11-14-5-3-4-6-16(14)13(2)18/h3-10,17H,11H2,1-2H3. The number of sulfonamides is 1. The summed E-state index contributed by atoms with van der Waals surface area (Å²) in [4.78, 5) is 11.7. The molecule has 4 nitrogen and oxygen atoms in total. The summed E-state index contributed by atoms with van der Waals surface area (Å²) in [6.07, 6.45) is 0. The molecule has 2 aromatic rings. The molecule has 0 saturated heterocycles. The van der Waals surface area contributed by atoms with E-state index in [4.69, 9.17) is 0 Å². The number of rotatable bonds is 5. The van der Waals surface area contributed by atoms with Gasteiger partial charge in [0.2, 0.25) is 10.0 Å². The van der Waals surface area contributed by atoms with Gasteiger partial charge in [-0.05, 0) is 31.5 Å². The molecule has 0 aromatic heterocycles. The summed E-state index contributed by atoms with van der Waals surface area (Å²) in [5.41, 5.74) is 2.20. The van der Waals surface area contributed by atoms with E-state index in [9.17, 15) is 13.2 Å². The fourth-order valence-electron chi connectivity index (χ4n) is 1.99. The van der Waals surface area contributed by atoms with E-state index in [2.05, 4.69) is 4.72 Å². The number of Topliss-reactive ketones (excluding diaryl/α,β-unsaturated/α-hetero) is 1. The van der Waals surface area contributed by atoms with Crippen molar-refractivity contribution in [2.24, 2.45) is 0 Å². The number of ketones is 1. The maximum absolute atomic E-state index is 12.2. The van der Waals surface area contributed by atoms with Crippen LogP contribution in [0.4, 0.5) is 0 Å². The van der Waals surface area contributed by atoms with E-state index in [-0.39, 0.29) is 17.2 Å². The highest BCUT2D eigenvalue weighted by atomic mass is 32.2. The minimum absolute atomic E-state index is 0.0832. The van der Waals surface area contributed by atoms with Crippen LogP contribution in [-0.2, 0) is 16.6 Å². The van der Waals surface area contributed by atoms with Gasteiger partial charge in [-0.15, -0.1) is 0 Å². The second-order valence-corrected chi connectivity index (χ2v) is 6.62. The second kappa shape index (κ2) is 6.20. The Bertz CT molecular complexity index is 749. The number of carbonyl (C=O) groups excluding carboxylic acids is 1. The zero-order chi connectivity index (χ0) is 15.5. The molecule has 1 N–H and O–H groups in total. The first-order chi connectivity index (χ1) is 9.90. The highest BCUT2D eigenvalue weighted by Gasteiger charge is 2.14. The van der Waals surface area contributed by atoms with Crippen LogP contribution < -0.4 is 4.72 Å². The number of nitrogens with one attached hydrogen (secondary N) is 1. The lowest BCUT2D eigenvalue weighted by molar-refractivity contribution is 0.101. The first kappa shape index (κ1) is 15.4. The van der Waals surface area contributed by atoms with Crippen LogP contribution in [0, 0.1) is 6.92 Å². The molecule has 0 heterocycles. The van der Waals surface area contributed by atoms with Gasteiger partial charge in [-0.2, -0.15) is 0 Å². The molecule has 2 rings (SSSR count). The molecule has 0 fully saturated rings. The summed E-state index contributed by atoms with van der Waals surface area (Å²) >= 11 is 0. The SMILES string of the molecule is CC(=O)c1ccccc1CNS(=O)(=O)c1ccc(C)cc1. The normalized spacial score (nSPS) is 11.3. The van der Waals surface area contributed by atoms with Gasteiger partial charge in [0.15, 0.2) is 5.78 Å². The zero-order valence-corrected chi connectivity index (χ0v) is 12.8. The number of hydrogen-bond donors (Lipinski definition) is 1. The van der Waals surface area contributed by atoms with E-state index in [0.717, 1.165) is 5.56 Å². The maximum atomic E-state index is 12.2. The molecule has 0 amide bonds. The third-order valence-corrected chi connectivity index (χ3v) is 4.60. The lowest BCUT2D eigenvalue weighted by Gasteiger charge is -2.09. The van der Waals surface area contributed by atoms with Crippen molar-refractivity contribution in [2.75, 3.05) is 0 Å². The summed E-state index contributed by atoms with van der Waals surface area (Å²) in [6, 6.07) is 13.6. The summed E-state index contributed by atoms with van der Waals surface area (Å²) in [5, 5.41) is 0. The molecule has 0 saturated carbocycles. The Morgan fingerprint density at radius 2 is 1.67 bits per heavy atom. The Hall–Kier alpha value is -1.98. The first-order valence-electron chi connectivity index (χ1n) is 6.55. The molecule has 2 aromatic carbocycles. The second-order valence-electron chi connectivity index (χ2n) is 4.85. The fraction of sp³-hybridized carbons (Fsp3) is 0.188. The molecule has 0 atom stereocenters. The molecular weight excluding hydrogens is 286 g/mol. The van der Waals surface area contributed by atoms with Crippen molar-refractivity contribution >= 4 is 15.8 Å². The molecule has 0 aliphatic heterocycles. The van der Waals surface area contributed by atoms with Crippen molar-refractivity contribution in [1.82, 2.24) is 4.72 Å². The minimum Gasteiger partial charge on any atom is -0.295 e.